The number of halogens is 1. The van der Waals surface area contributed by atoms with Crippen molar-refractivity contribution >= 4 is 29.9 Å². The molecule has 1 aromatic carbocycles. The number of fused-ring (bicyclic) bond motifs is 1. The van der Waals surface area contributed by atoms with Crippen molar-refractivity contribution in [1.82, 2.24) is 10.2 Å². The van der Waals surface area contributed by atoms with Gasteiger partial charge < -0.3 is 15.0 Å². The Morgan fingerprint density at radius 3 is 2.77 bits per heavy atom. The molecule has 0 bridgehead atoms. The number of hydrogen-bond donors (Lipinski definition) is 1. The zero-order valence-corrected chi connectivity index (χ0v) is 18.5. The number of guanidine groups is 1. The van der Waals surface area contributed by atoms with Crippen LogP contribution in [0.2, 0.25) is 0 Å². The number of hydrogen-bond acceptors (Lipinski definition) is 2. The van der Waals surface area contributed by atoms with Gasteiger partial charge in [-0.1, -0.05) is 44.2 Å². The smallest absolute Gasteiger partial charge is 0.193 e. The molecule has 1 aromatic rings. The lowest BCUT2D eigenvalue weighted by molar-refractivity contribution is -0.107. The Morgan fingerprint density at radius 1 is 1.27 bits per heavy atom. The van der Waals surface area contributed by atoms with E-state index in [0.717, 1.165) is 31.6 Å². The molecule has 0 amide bonds. The lowest BCUT2D eigenvalue weighted by Crippen LogP contribution is -2.68. The van der Waals surface area contributed by atoms with Gasteiger partial charge in [0.2, 0.25) is 0 Å². The first-order valence-electron chi connectivity index (χ1n) is 9.73. The highest BCUT2D eigenvalue weighted by Gasteiger charge is 2.59. The van der Waals surface area contributed by atoms with Crippen molar-refractivity contribution in [1.29, 1.82) is 0 Å². The Labute approximate surface area is 174 Å². The van der Waals surface area contributed by atoms with E-state index in [4.69, 9.17) is 4.74 Å². The van der Waals surface area contributed by atoms with Crippen molar-refractivity contribution < 1.29 is 4.74 Å². The minimum Gasteiger partial charge on any atom is -0.377 e. The van der Waals surface area contributed by atoms with Gasteiger partial charge in [0.25, 0.3) is 0 Å². The van der Waals surface area contributed by atoms with Crippen LogP contribution in [0.5, 0.6) is 0 Å². The molecule has 1 saturated carbocycles. The second-order valence-electron chi connectivity index (χ2n) is 8.52. The number of aliphatic imine (C=N–C) groups is 1. The Morgan fingerprint density at radius 2 is 2.04 bits per heavy atom. The topological polar surface area (TPSA) is 36.9 Å². The van der Waals surface area contributed by atoms with Crippen molar-refractivity contribution in [2.75, 3.05) is 26.7 Å². The first-order chi connectivity index (χ1) is 12.1. The fourth-order valence-corrected chi connectivity index (χ4v) is 5.19. The summed E-state index contributed by atoms with van der Waals surface area (Å²) in [5.74, 6) is 2.45. The van der Waals surface area contributed by atoms with E-state index in [0.29, 0.717) is 18.1 Å². The van der Waals surface area contributed by atoms with Crippen LogP contribution in [0.25, 0.3) is 0 Å². The molecule has 2 heterocycles. The molecule has 0 radical (unpaired) electrons. The van der Waals surface area contributed by atoms with Crippen LogP contribution in [0.15, 0.2) is 35.3 Å². The maximum Gasteiger partial charge on any atom is 0.193 e. The predicted molar refractivity (Wildman–Crippen MR) is 117 cm³/mol. The highest BCUT2D eigenvalue weighted by Crippen LogP contribution is 2.52. The average Bonchev–Trinajstić information content (AvgIpc) is 3.25. The number of nitrogens with zero attached hydrogens (tertiary/aromatic N) is 2. The highest BCUT2D eigenvalue weighted by molar-refractivity contribution is 14.0. The van der Waals surface area contributed by atoms with Gasteiger partial charge in [-0.25, -0.2) is 0 Å². The number of benzene rings is 1. The van der Waals surface area contributed by atoms with E-state index in [1.165, 1.54) is 24.8 Å². The van der Waals surface area contributed by atoms with Gasteiger partial charge in [-0.15, -0.1) is 24.0 Å². The van der Waals surface area contributed by atoms with Crippen LogP contribution in [0.3, 0.4) is 0 Å². The monoisotopic (exact) mass is 469 g/mol. The molecule has 4 atom stereocenters. The third kappa shape index (κ3) is 3.61. The number of nitrogens with one attached hydrogen (secondary N) is 1. The third-order valence-corrected chi connectivity index (χ3v) is 6.55. The molecule has 144 valence electrons. The van der Waals surface area contributed by atoms with Crippen LogP contribution in [0.1, 0.15) is 32.3 Å². The average molecular weight is 469 g/mol. The van der Waals surface area contributed by atoms with E-state index in [9.17, 15) is 0 Å². The molecule has 2 aliphatic heterocycles. The summed E-state index contributed by atoms with van der Waals surface area (Å²) in [6.07, 6.45) is 4.02. The normalized spacial score (nSPS) is 32.6. The fourth-order valence-electron chi connectivity index (χ4n) is 5.19. The largest absolute Gasteiger partial charge is 0.377 e. The second-order valence-corrected chi connectivity index (χ2v) is 8.52. The minimum absolute atomic E-state index is 0. The molecule has 26 heavy (non-hydrogen) atoms. The Balaban J connectivity index is 0.00000196. The van der Waals surface area contributed by atoms with E-state index in [1.807, 2.05) is 7.05 Å². The first-order valence-corrected chi connectivity index (χ1v) is 9.73. The maximum atomic E-state index is 5.93. The van der Waals surface area contributed by atoms with Gasteiger partial charge in [0.15, 0.2) is 5.96 Å². The predicted octanol–water partition coefficient (Wildman–Crippen LogP) is 3.56. The Bertz CT molecular complexity index is 633. The molecule has 3 aliphatic rings. The maximum absolute atomic E-state index is 5.93. The second kappa shape index (κ2) is 8.05. The molecule has 3 fully saturated rings. The van der Waals surface area contributed by atoms with Crippen LogP contribution in [-0.4, -0.2) is 49.7 Å². The van der Waals surface area contributed by atoms with Crippen LogP contribution in [-0.2, 0) is 11.2 Å². The lowest BCUT2D eigenvalue weighted by atomic mass is 9.57. The summed E-state index contributed by atoms with van der Waals surface area (Å²) in [6.45, 7) is 7.78. The summed E-state index contributed by atoms with van der Waals surface area (Å²) < 4.78 is 5.93. The molecule has 1 aliphatic carbocycles. The van der Waals surface area contributed by atoms with Crippen molar-refractivity contribution in [3.8, 4) is 0 Å². The molecule has 5 heteroatoms. The van der Waals surface area contributed by atoms with Crippen molar-refractivity contribution in [3.63, 3.8) is 0 Å². The zero-order chi connectivity index (χ0) is 17.4. The highest BCUT2D eigenvalue weighted by atomic mass is 127. The number of rotatable bonds is 3. The summed E-state index contributed by atoms with van der Waals surface area (Å²) in [7, 11) is 1.92. The molecule has 1 N–H and O–H groups in total. The molecule has 4 rings (SSSR count). The standard InChI is InChI=1S/C21H31N3O.HI/c1-21(2)18(17-10-12-25-19(17)21)23-20(22-3)24-11-9-16(14-24)13-15-7-5-4-6-8-15;/h4-8,16-19H,9-14H2,1-3H3,(H,22,23);1H. The van der Waals surface area contributed by atoms with Gasteiger partial charge in [-0.05, 0) is 30.7 Å². The van der Waals surface area contributed by atoms with E-state index < -0.39 is 0 Å². The van der Waals surface area contributed by atoms with Crippen molar-refractivity contribution in [3.05, 3.63) is 35.9 Å². The molecule has 0 spiro atoms. The van der Waals surface area contributed by atoms with Gasteiger partial charge >= 0.3 is 0 Å². The summed E-state index contributed by atoms with van der Waals surface area (Å²) in [5.41, 5.74) is 1.64. The number of likely N-dealkylation sites (tertiary alicyclic amines) is 1. The van der Waals surface area contributed by atoms with E-state index >= 15 is 0 Å². The van der Waals surface area contributed by atoms with Gasteiger partial charge in [0.1, 0.15) is 0 Å². The quantitative estimate of drug-likeness (QED) is 0.418. The van der Waals surface area contributed by atoms with Gasteiger partial charge in [0, 0.05) is 44.1 Å². The van der Waals surface area contributed by atoms with Crippen LogP contribution >= 0.6 is 24.0 Å². The van der Waals surface area contributed by atoms with Crippen molar-refractivity contribution in [2.45, 2.75) is 45.3 Å². The number of ether oxygens (including phenoxy) is 1. The van der Waals surface area contributed by atoms with E-state index in [2.05, 4.69) is 59.4 Å². The van der Waals surface area contributed by atoms with Crippen molar-refractivity contribution in [2.24, 2.45) is 22.2 Å². The van der Waals surface area contributed by atoms with Gasteiger partial charge in [-0.2, -0.15) is 0 Å². The zero-order valence-electron chi connectivity index (χ0n) is 16.1. The lowest BCUT2D eigenvalue weighted by Gasteiger charge is -2.55. The Kier molecular flexibility index (Phi) is 6.17. The molecule has 2 saturated heterocycles. The van der Waals surface area contributed by atoms with Crippen LogP contribution < -0.4 is 5.32 Å². The molecular formula is C21H32IN3O. The summed E-state index contributed by atoms with van der Waals surface area (Å²) in [4.78, 5) is 7.05. The summed E-state index contributed by atoms with van der Waals surface area (Å²) in [6, 6.07) is 11.3. The summed E-state index contributed by atoms with van der Waals surface area (Å²) >= 11 is 0. The molecule has 4 unspecified atom stereocenters. The minimum atomic E-state index is 0. The SMILES string of the molecule is CN=C(NC1C2CCOC2C1(C)C)N1CCC(Cc2ccccc2)C1.I. The van der Waals surface area contributed by atoms with Gasteiger partial charge in [0.05, 0.1) is 6.10 Å². The molecule has 0 aromatic heterocycles. The van der Waals surface area contributed by atoms with E-state index in [1.54, 1.807) is 0 Å². The third-order valence-electron chi connectivity index (χ3n) is 6.55. The van der Waals surface area contributed by atoms with Crippen LogP contribution in [0, 0.1) is 17.3 Å². The molecule has 4 nitrogen and oxygen atoms in total. The Hall–Kier alpha value is -0.820. The fraction of sp³-hybridized carbons (Fsp3) is 0.667. The van der Waals surface area contributed by atoms with Gasteiger partial charge in [-0.3, -0.25) is 4.99 Å². The van der Waals surface area contributed by atoms with E-state index in [-0.39, 0.29) is 29.4 Å². The summed E-state index contributed by atoms with van der Waals surface area (Å²) in [5, 5.41) is 3.79. The van der Waals surface area contributed by atoms with Crippen LogP contribution in [0.4, 0.5) is 0 Å². The first kappa shape index (κ1) is 19.9. The molecular weight excluding hydrogens is 437 g/mol.